The lowest BCUT2D eigenvalue weighted by atomic mass is 10.1. The maximum atomic E-state index is 12.8. The van der Waals surface area contributed by atoms with E-state index < -0.39 is 5.25 Å². The number of pyridine rings is 1. The molecule has 6 nitrogen and oxygen atoms in total. The molecule has 0 bridgehead atoms. The Labute approximate surface area is 141 Å². The Bertz CT molecular complexity index is 565. The van der Waals surface area contributed by atoms with Gasteiger partial charge >= 0.3 is 0 Å². The number of rotatable bonds is 7. The fourth-order valence-electron chi connectivity index (χ4n) is 2.37. The van der Waals surface area contributed by atoms with Crippen molar-refractivity contribution in [3.05, 3.63) is 18.3 Å². The first-order chi connectivity index (χ1) is 11.0. The van der Waals surface area contributed by atoms with E-state index in [0.717, 1.165) is 10.7 Å². The number of anilines is 1. The predicted molar refractivity (Wildman–Crippen MR) is 90.6 cm³/mol. The van der Waals surface area contributed by atoms with E-state index in [9.17, 15) is 9.59 Å². The molecule has 7 heteroatoms. The van der Waals surface area contributed by atoms with Crippen molar-refractivity contribution in [3.8, 4) is 0 Å². The van der Waals surface area contributed by atoms with E-state index in [1.165, 1.54) is 11.8 Å². The van der Waals surface area contributed by atoms with Crippen molar-refractivity contribution < 1.29 is 14.3 Å². The topological polar surface area (TPSA) is 71.5 Å². The predicted octanol–water partition coefficient (Wildman–Crippen LogP) is 1.70. The van der Waals surface area contributed by atoms with Gasteiger partial charge in [0.15, 0.2) is 0 Å². The number of nitrogens with zero attached hydrogens (tertiary/aromatic N) is 2. The molecular weight excluding hydrogens is 314 g/mol. The summed E-state index contributed by atoms with van der Waals surface area (Å²) in [6.45, 7) is 5.67. The van der Waals surface area contributed by atoms with E-state index in [2.05, 4.69) is 24.1 Å². The second kappa shape index (κ2) is 8.31. The summed E-state index contributed by atoms with van der Waals surface area (Å²) in [4.78, 5) is 30.9. The number of ether oxygens (including phenoxy) is 1. The molecule has 23 heavy (non-hydrogen) atoms. The molecule has 1 N–H and O–H groups in total. The van der Waals surface area contributed by atoms with Gasteiger partial charge < -0.3 is 15.0 Å². The van der Waals surface area contributed by atoms with E-state index >= 15 is 0 Å². The van der Waals surface area contributed by atoms with E-state index in [1.807, 2.05) is 12.1 Å². The molecule has 0 unspecified atom stereocenters. The lowest BCUT2D eigenvalue weighted by Gasteiger charge is -2.33. The minimum Gasteiger partial charge on any atom is -0.383 e. The molecule has 1 aliphatic rings. The highest BCUT2D eigenvalue weighted by atomic mass is 32.2. The Hall–Kier alpha value is -1.60. The first-order valence-electron chi connectivity index (χ1n) is 7.71. The number of hydrogen-bond donors (Lipinski definition) is 1. The minimum atomic E-state index is -0.432. The maximum absolute atomic E-state index is 12.8. The number of nitrogens with one attached hydrogen (secondary N) is 1. The van der Waals surface area contributed by atoms with Crippen LogP contribution in [0.2, 0.25) is 0 Å². The van der Waals surface area contributed by atoms with Crippen LogP contribution in [0.15, 0.2) is 23.4 Å². The van der Waals surface area contributed by atoms with Crippen LogP contribution in [0.3, 0.4) is 0 Å². The van der Waals surface area contributed by atoms with Gasteiger partial charge in [0.2, 0.25) is 11.8 Å². The van der Waals surface area contributed by atoms with Crippen LogP contribution < -0.4 is 10.2 Å². The van der Waals surface area contributed by atoms with Crippen molar-refractivity contribution in [3.63, 3.8) is 0 Å². The van der Waals surface area contributed by atoms with Gasteiger partial charge in [-0.2, -0.15) is 0 Å². The SMILES string of the molecule is COCCNC(=O)C[C@@H]1Sc2ncccc2N(CC(C)C)C1=O. The molecule has 2 amide bonds. The van der Waals surface area contributed by atoms with E-state index in [0.29, 0.717) is 25.6 Å². The van der Waals surface area contributed by atoms with Gasteiger partial charge in [-0.25, -0.2) is 4.98 Å². The van der Waals surface area contributed by atoms with Crippen molar-refractivity contribution in [2.24, 2.45) is 5.92 Å². The summed E-state index contributed by atoms with van der Waals surface area (Å²) < 4.78 is 4.91. The van der Waals surface area contributed by atoms with Crippen LogP contribution in [0.25, 0.3) is 0 Å². The average molecular weight is 337 g/mol. The third kappa shape index (κ3) is 4.68. The van der Waals surface area contributed by atoms with Gasteiger partial charge in [-0.15, -0.1) is 0 Å². The van der Waals surface area contributed by atoms with Crippen LogP contribution in [0.1, 0.15) is 20.3 Å². The summed E-state index contributed by atoms with van der Waals surface area (Å²) in [7, 11) is 1.58. The monoisotopic (exact) mass is 337 g/mol. The number of amides is 2. The van der Waals surface area contributed by atoms with Gasteiger partial charge in [0.1, 0.15) is 5.03 Å². The highest BCUT2D eigenvalue weighted by Gasteiger charge is 2.35. The van der Waals surface area contributed by atoms with Gasteiger partial charge in [0.25, 0.3) is 0 Å². The standard InChI is InChI=1S/C16H23N3O3S/c1-11(2)10-19-12-5-4-6-18-15(12)23-13(16(19)21)9-14(20)17-7-8-22-3/h4-6,11,13H,7-10H2,1-3H3,(H,17,20)/t13-/m0/s1. The van der Waals surface area contributed by atoms with E-state index in [1.54, 1.807) is 18.2 Å². The summed E-state index contributed by atoms with van der Waals surface area (Å²) >= 11 is 1.37. The van der Waals surface area contributed by atoms with Gasteiger partial charge in [-0.3, -0.25) is 9.59 Å². The molecule has 0 fully saturated rings. The second-order valence-electron chi connectivity index (χ2n) is 5.82. The molecule has 2 rings (SSSR count). The molecule has 1 aliphatic heterocycles. The summed E-state index contributed by atoms with van der Waals surface area (Å²) in [5.41, 5.74) is 0.840. The van der Waals surface area contributed by atoms with Crippen molar-refractivity contribution in [1.82, 2.24) is 10.3 Å². The zero-order chi connectivity index (χ0) is 16.8. The van der Waals surface area contributed by atoms with Gasteiger partial charge in [-0.1, -0.05) is 25.6 Å². The van der Waals surface area contributed by atoms with Crippen molar-refractivity contribution >= 4 is 29.3 Å². The molecule has 0 aliphatic carbocycles. The summed E-state index contributed by atoms with van der Waals surface area (Å²) in [5.74, 6) is 0.175. The second-order valence-corrected chi connectivity index (χ2v) is 7.02. The zero-order valence-electron chi connectivity index (χ0n) is 13.7. The van der Waals surface area contributed by atoms with E-state index in [-0.39, 0.29) is 18.2 Å². The number of carbonyl (C=O) groups is 2. The van der Waals surface area contributed by atoms with Gasteiger partial charge in [0, 0.05) is 32.8 Å². The molecular formula is C16H23N3O3S. The first-order valence-corrected chi connectivity index (χ1v) is 8.59. The first kappa shape index (κ1) is 17.7. The largest absolute Gasteiger partial charge is 0.383 e. The Morgan fingerprint density at radius 3 is 3.00 bits per heavy atom. The lowest BCUT2D eigenvalue weighted by Crippen LogP contribution is -2.45. The third-order valence-corrected chi connectivity index (χ3v) is 4.57. The molecule has 0 radical (unpaired) electrons. The van der Waals surface area contributed by atoms with Crippen LogP contribution in [0.5, 0.6) is 0 Å². The average Bonchev–Trinajstić information content (AvgIpc) is 2.51. The number of hydrogen-bond acceptors (Lipinski definition) is 5. The molecule has 1 aromatic rings. The Kier molecular flexibility index (Phi) is 6.41. The van der Waals surface area contributed by atoms with Crippen molar-refractivity contribution in [1.29, 1.82) is 0 Å². The summed E-state index contributed by atoms with van der Waals surface area (Å²) in [5, 5.41) is 3.14. The van der Waals surface area contributed by atoms with Crippen LogP contribution in [-0.2, 0) is 14.3 Å². The van der Waals surface area contributed by atoms with Crippen LogP contribution in [-0.4, -0.2) is 48.9 Å². The summed E-state index contributed by atoms with van der Waals surface area (Å²) in [6.07, 6.45) is 1.86. The van der Waals surface area contributed by atoms with Crippen molar-refractivity contribution in [2.75, 3.05) is 31.7 Å². The molecule has 0 aromatic carbocycles. The Morgan fingerprint density at radius 2 is 2.30 bits per heavy atom. The molecule has 0 spiro atoms. The lowest BCUT2D eigenvalue weighted by molar-refractivity contribution is -0.125. The van der Waals surface area contributed by atoms with Gasteiger partial charge in [0.05, 0.1) is 17.5 Å². The molecule has 126 valence electrons. The normalized spacial score (nSPS) is 17.3. The highest BCUT2D eigenvalue weighted by molar-refractivity contribution is 8.00. The number of methoxy groups -OCH3 is 1. The smallest absolute Gasteiger partial charge is 0.241 e. The minimum absolute atomic E-state index is 0.0221. The molecule has 2 heterocycles. The van der Waals surface area contributed by atoms with Gasteiger partial charge in [-0.05, 0) is 18.1 Å². The third-order valence-electron chi connectivity index (χ3n) is 3.38. The van der Waals surface area contributed by atoms with Crippen molar-refractivity contribution in [2.45, 2.75) is 30.5 Å². The Balaban J connectivity index is 2.10. The molecule has 1 atom stereocenters. The molecule has 0 saturated heterocycles. The fraction of sp³-hybridized carbons (Fsp3) is 0.562. The number of carbonyl (C=O) groups excluding carboxylic acids is 2. The maximum Gasteiger partial charge on any atom is 0.241 e. The fourth-order valence-corrected chi connectivity index (χ4v) is 3.52. The Morgan fingerprint density at radius 1 is 1.52 bits per heavy atom. The molecule has 1 aromatic heterocycles. The van der Waals surface area contributed by atoms with E-state index in [4.69, 9.17) is 4.74 Å². The summed E-state index contributed by atoms with van der Waals surface area (Å²) in [6, 6.07) is 3.74. The van der Waals surface area contributed by atoms with Crippen LogP contribution in [0.4, 0.5) is 5.69 Å². The van der Waals surface area contributed by atoms with Crippen LogP contribution >= 0.6 is 11.8 Å². The quantitative estimate of drug-likeness (QED) is 0.767. The number of aromatic nitrogens is 1. The van der Waals surface area contributed by atoms with Crippen LogP contribution in [0, 0.1) is 5.92 Å². The highest BCUT2D eigenvalue weighted by Crippen LogP contribution is 2.38. The number of fused-ring (bicyclic) bond motifs is 1. The zero-order valence-corrected chi connectivity index (χ0v) is 14.6. The molecule has 0 saturated carbocycles. The number of thioether (sulfide) groups is 1.